The first-order chi connectivity index (χ1) is 11.3. The zero-order valence-corrected chi connectivity index (χ0v) is 13.0. The molecule has 24 heavy (non-hydrogen) atoms. The number of benzene rings is 3. The third kappa shape index (κ3) is 3.19. The fourth-order valence-electron chi connectivity index (χ4n) is 2.39. The maximum Gasteiger partial charge on any atom is 0.295 e. The molecule has 3 aromatic carbocycles. The summed E-state index contributed by atoms with van der Waals surface area (Å²) in [7, 11) is -4.30. The van der Waals surface area contributed by atoms with Gasteiger partial charge in [0.1, 0.15) is 4.90 Å². The standard InChI is InChI=1S/C16H12N2O5S/c19-18(20)14-7-4-12(5-8-14)17-13-6-9-15-11(10-13)2-1-3-16(15)24(21,22)23/h1-10,17H,(H,21,22,23). The summed E-state index contributed by atoms with van der Waals surface area (Å²) < 4.78 is 32.1. The highest BCUT2D eigenvalue weighted by Crippen LogP contribution is 2.27. The lowest BCUT2D eigenvalue weighted by Crippen LogP contribution is -1.99. The molecule has 0 bridgehead atoms. The van der Waals surface area contributed by atoms with Gasteiger partial charge in [-0.25, -0.2) is 0 Å². The van der Waals surface area contributed by atoms with E-state index in [-0.39, 0.29) is 10.6 Å². The van der Waals surface area contributed by atoms with Gasteiger partial charge in [0.05, 0.1) is 4.92 Å². The van der Waals surface area contributed by atoms with Crippen molar-refractivity contribution in [3.05, 3.63) is 70.8 Å². The van der Waals surface area contributed by atoms with E-state index in [9.17, 15) is 23.1 Å². The molecule has 0 aliphatic carbocycles. The van der Waals surface area contributed by atoms with Crippen LogP contribution in [0.5, 0.6) is 0 Å². The molecule has 8 heteroatoms. The average molecular weight is 344 g/mol. The van der Waals surface area contributed by atoms with E-state index in [1.54, 1.807) is 42.5 Å². The van der Waals surface area contributed by atoms with E-state index in [1.165, 1.54) is 18.2 Å². The molecule has 0 aliphatic rings. The van der Waals surface area contributed by atoms with Crippen LogP contribution in [0.4, 0.5) is 17.1 Å². The largest absolute Gasteiger partial charge is 0.356 e. The maximum absolute atomic E-state index is 11.4. The van der Waals surface area contributed by atoms with Crippen LogP contribution in [0.1, 0.15) is 0 Å². The number of nitrogens with zero attached hydrogens (tertiary/aromatic N) is 1. The van der Waals surface area contributed by atoms with Crippen LogP contribution in [0.3, 0.4) is 0 Å². The van der Waals surface area contributed by atoms with Gasteiger partial charge in [0, 0.05) is 28.9 Å². The molecule has 7 nitrogen and oxygen atoms in total. The molecule has 0 radical (unpaired) electrons. The summed E-state index contributed by atoms with van der Waals surface area (Å²) in [5.41, 5.74) is 1.34. The number of nitro benzene ring substituents is 1. The third-order valence-electron chi connectivity index (χ3n) is 3.49. The van der Waals surface area contributed by atoms with Crippen molar-refractivity contribution in [1.82, 2.24) is 0 Å². The molecule has 0 unspecified atom stereocenters. The van der Waals surface area contributed by atoms with E-state index in [4.69, 9.17) is 0 Å². The summed E-state index contributed by atoms with van der Waals surface area (Å²) in [5, 5.41) is 14.8. The highest BCUT2D eigenvalue weighted by Gasteiger charge is 2.13. The minimum absolute atomic E-state index is 0.00291. The van der Waals surface area contributed by atoms with Crippen LogP contribution in [-0.4, -0.2) is 17.9 Å². The minimum atomic E-state index is -4.30. The Morgan fingerprint density at radius 3 is 2.25 bits per heavy atom. The Balaban J connectivity index is 1.95. The monoisotopic (exact) mass is 344 g/mol. The second-order valence-electron chi connectivity index (χ2n) is 5.10. The van der Waals surface area contributed by atoms with Gasteiger partial charge in [-0.2, -0.15) is 8.42 Å². The first kappa shape index (κ1) is 15.9. The van der Waals surface area contributed by atoms with Crippen molar-refractivity contribution in [2.24, 2.45) is 0 Å². The van der Waals surface area contributed by atoms with Crippen molar-refractivity contribution in [1.29, 1.82) is 0 Å². The molecule has 122 valence electrons. The molecule has 3 rings (SSSR count). The molecule has 0 saturated carbocycles. The number of anilines is 2. The summed E-state index contributed by atoms with van der Waals surface area (Å²) >= 11 is 0. The van der Waals surface area contributed by atoms with Crippen molar-refractivity contribution < 1.29 is 17.9 Å². The highest BCUT2D eigenvalue weighted by atomic mass is 32.2. The second-order valence-corrected chi connectivity index (χ2v) is 6.49. The normalized spacial score (nSPS) is 11.4. The first-order valence-corrected chi connectivity index (χ1v) is 8.30. The van der Waals surface area contributed by atoms with Crippen LogP contribution in [0.2, 0.25) is 0 Å². The smallest absolute Gasteiger partial charge is 0.295 e. The van der Waals surface area contributed by atoms with Crippen molar-refractivity contribution in [2.45, 2.75) is 4.90 Å². The topological polar surface area (TPSA) is 110 Å². The van der Waals surface area contributed by atoms with Gasteiger partial charge in [-0.15, -0.1) is 0 Å². The van der Waals surface area contributed by atoms with Crippen molar-refractivity contribution >= 4 is 38.0 Å². The quantitative estimate of drug-likeness (QED) is 0.424. The van der Waals surface area contributed by atoms with Gasteiger partial charge < -0.3 is 5.32 Å². The van der Waals surface area contributed by atoms with Gasteiger partial charge in [-0.1, -0.05) is 18.2 Å². The van der Waals surface area contributed by atoms with Crippen LogP contribution in [0.25, 0.3) is 10.8 Å². The Hall–Kier alpha value is -2.97. The van der Waals surface area contributed by atoms with Gasteiger partial charge in [0.15, 0.2) is 0 Å². The number of nitrogens with one attached hydrogen (secondary N) is 1. The van der Waals surface area contributed by atoms with Gasteiger partial charge >= 0.3 is 0 Å². The average Bonchev–Trinajstić information content (AvgIpc) is 2.53. The molecule has 0 atom stereocenters. The zero-order chi connectivity index (χ0) is 17.3. The van der Waals surface area contributed by atoms with Crippen molar-refractivity contribution in [3.8, 4) is 0 Å². The lowest BCUT2D eigenvalue weighted by Gasteiger charge is -2.09. The zero-order valence-electron chi connectivity index (χ0n) is 12.2. The van der Waals surface area contributed by atoms with Crippen molar-refractivity contribution in [2.75, 3.05) is 5.32 Å². The molecule has 0 aromatic heterocycles. The Labute approximate surface area is 137 Å². The van der Waals surface area contributed by atoms with E-state index in [0.717, 1.165) is 0 Å². The number of hydrogen-bond acceptors (Lipinski definition) is 5. The Kier molecular flexibility index (Phi) is 3.92. The molecule has 0 heterocycles. The lowest BCUT2D eigenvalue weighted by atomic mass is 10.1. The highest BCUT2D eigenvalue weighted by molar-refractivity contribution is 7.86. The number of nitro groups is 1. The lowest BCUT2D eigenvalue weighted by molar-refractivity contribution is -0.384. The summed E-state index contributed by atoms with van der Waals surface area (Å²) in [6, 6.07) is 15.5. The van der Waals surface area contributed by atoms with Crippen LogP contribution >= 0.6 is 0 Å². The molecule has 3 aromatic rings. The van der Waals surface area contributed by atoms with Crippen LogP contribution in [-0.2, 0) is 10.1 Å². The number of fused-ring (bicyclic) bond motifs is 1. The van der Waals surface area contributed by atoms with Gasteiger partial charge in [0.25, 0.3) is 15.8 Å². The van der Waals surface area contributed by atoms with E-state index >= 15 is 0 Å². The molecule has 0 aliphatic heterocycles. The minimum Gasteiger partial charge on any atom is -0.356 e. The van der Waals surface area contributed by atoms with Crippen LogP contribution in [0.15, 0.2) is 65.6 Å². The predicted octanol–water partition coefficient (Wildman–Crippen LogP) is 3.74. The maximum atomic E-state index is 11.4. The van der Waals surface area contributed by atoms with Crippen LogP contribution in [0, 0.1) is 10.1 Å². The summed E-state index contributed by atoms with van der Waals surface area (Å²) in [4.78, 5) is 10.0. The Morgan fingerprint density at radius 2 is 1.62 bits per heavy atom. The Bertz CT molecular complexity index is 1030. The third-order valence-corrected chi connectivity index (χ3v) is 4.40. The summed E-state index contributed by atoms with van der Waals surface area (Å²) in [5.74, 6) is 0. The molecule has 2 N–H and O–H groups in total. The first-order valence-electron chi connectivity index (χ1n) is 6.86. The second kappa shape index (κ2) is 5.91. The van der Waals surface area contributed by atoms with E-state index < -0.39 is 15.0 Å². The van der Waals surface area contributed by atoms with E-state index in [0.29, 0.717) is 22.1 Å². The number of hydrogen-bond donors (Lipinski definition) is 2. The molecule has 0 amide bonds. The number of rotatable bonds is 4. The fraction of sp³-hybridized carbons (Fsp3) is 0. The summed E-state index contributed by atoms with van der Waals surface area (Å²) in [6.07, 6.45) is 0. The van der Waals surface area contributed by atoms with E-state index in [2.05, 4.69) is 5.32 Å². The molecule has 0 fully saturated rings. The van der Waals surface area contributed by atoms with Gasteiger partial charge in [-0.05, 0) is 35.7 Å². The summed E-state index contributed by atoms with van der Waals surface area (Å²) in [6.45, 7) is 0. The van der Waals surface area contributed by atoms with Gasteiger partial charge in [-0.3, -0.25) is 14.7 Å². The van der Waals surface area contributed by atoms with Gasteiger partial charge in [0.2, 0.25) is 0 Å². The predicted molar refractivity (Wildman–Crippen MR) is 90.1 cm³/mol. The SMILES string of the molecule is O=[N+]([O-])c1ccc(Nc2ccc3c(S(=O)(=O)O)cccc3c2)cc1. The molecular weight excluding hydrogens is 332 g/mol. The number of non-ortho nitro benzene ring substituents is 1. The molecular formula is C16H12N2O5S. The Morgan fingerprint density at radius 1 is 0.958 bits per heavy atom. The molecule has 0 saturated heterocycles. The molecule has 0 spiro atoms. The van der Waals surface area contributed by atoms with Crippen LogP contribution < -0.4 is 5.32 Å². The fourth-order valence-corrected chi connectivity index (χ4v) is 3.10. The van der Waals surface area contributed by atoms with E-state index in [1.807, 2.05) is 0 Å². The van der Waals surface area contributed by atoms with Crippen molar-refractivity contribution in [3.63, 3.8) is 0 Å².